The van der Waals surface area contributed by atoms with Gasteiger partial charge in [0.25, 0.3) is 11.8 Å². The Morgan fingerprint density at radius 2 is 0.857 bits per heavy atom. The van der Waals surface area contributed by atoms with E-state index in [0.717, 1.165) is 22.5 Å². The fourth-order valence-corrected chi connectivity index (χ4v) is 4.74. The molecule has 0 saturated carbocycles. The summed E-state index contributed by atoms with van der Waals surface area (Å²) < 4.78 is 0. The second-order valence-corrected chi connectivity index (χ2v) is 10.4. The maximum atomic E-state index is 12.5. The van der Waals surface area contributed by atoms with Gasteiger partial charge in [-0.1, -0.05) is 24.3 Å². The number of nitrogens with one attached hydrogen (secondary N) is 2. The number of rotatable bonds is 16. The minimum absolute atomic E-state index is 0.359. The van der Waals surface area contributed by atoms with E-state index in [4.69, 9.17) is 46.4 Å². The van der Waals surface area contributed by atoms with Gasteiger partial charge in [0.15, 0.2) is 0 Å². The standard InChI is InChI=1S/C30H32Cl4N6O2/c31-13-17-39(18-14-32)27-9-1-23(2-10-27)21-35-37-29(41)25-5-7-26(8-6-25)30(42)38-36-22-24-3-11-28(12-4-24)40(19-15-33)20-16-34/h1-12,21-22H,13-20H2,(H,37,41)(H,38,42). The van der Waals surface area contributed by atoms with Crippen LogP contribution in [0.1, 0.15) is 31.8 Å². The predicted octanol–water partition coefficient (Wildman–Crippen LogP) is 5.78. The van der Waals surface area contributed by atoms with E-state index in [1.54, 1.807) is 36.7 Å². The first-order valence-corrected chi connectivity index (χ1v) is 15.3. The number of carbonyl (C=O) groups is 2. The molecule has 0 aromatic heterocycles. The zero-order valence-corrected chi connectivity index (χ0v) is 25.9. The number of anilines is 2. The average Bonchev–Trinajstić information content (AvgIpc) is 3.01. The molecule has 12 heteroatoms. The zero-order chi connectivity index (χ0) is 30.2. The molecule has 0 bridgehead atoms. The van der Waals surface area contributed by atoms with Gasteiger partial charge in [-0.25, -0.2) is 10.9 Å². The Labute approximate surface area is 266 Å². The summed E-state index contributed by atoms with van der Waals surface area (Å²) in [4.78, 5) is 29.1. The Bertz CT molecular complexity index is 1200. The molecule has 0 fully saturated rings. The van der Waals surface area contributed by atoms with Gasteiger partial charge in [0.1, 0.15) is 0 Å². The van der Waals surface area contributed by atoms with Crippen molar-refractivity contribution in [1.29, 1.82) is 0 Å². The summed E-state index contributed by atoms with van der Waals surface area (Å²) in [7, 11) is 0. The van der Waals surface area contributed by atoms with Crippen molar-refractivity contribution in [2.75, 3.05) is 59.5 Å². The van der Waals surface area contributed by atoms with Crippen LogP contribution in [0.3, 0.4) is 0 Å². The molecule has 0 radical (unpaired) electrons. The molecule has 42 heavy (non-hydrogen) atoms. The van der Waals surface area contributed by atoms with Gasteiger partial charge in [0.05, 0.1) is 12.4 Å². The summed E-state index contributed by atoms with van der Waals surface area (Å²) in [6.45, 7) is 2.80. The fourth-order valence-electron chi connectivity index (χ4n) is 3.92. The Morgan fingerprint density at radius 1 is 0.548 bits per heavy atom. The van der Waals surface area contributed by atoms with Crippen molar-refractivity contribution in [2.45, 2.75) is 0 Å². The number of alkyl halides is 4. The first-order valence-electron chi connectivity index (χ1n) is 13.2. The number of halogens is 4. The highest BCUT2D eigenvalue weighted by Crippen LogP contribution is 2.16. The molecule has 2 amide bonds. The van der Waals surface area contributed by atoms with E-state index in [0.29, 0.717) is 60.8 Å². The van der Waals surface area contributed by atoms with Gasteiger partial charge in [-0.05, 0) is 59.7 Å². The van der Waals surface area contributed by atoms with Gasteiger partial charge < -0.3 is 9.80 Å². The molecule has 3 aromatic rings. The molecular weight excluding hydrogens is 618 g/mol. The van der Waals surface area contributed by atoms with Crippen LogP contribution in [0.5, 0.6) is 0 Å². The van der Waals surface area contributed by atoms with Gasteiger partial charge in [0.2, 0.25) is 0 Å². The van der Waals surface area contributed by atoms with Crippen molar-refractivity contribution in [1.82, 2.24) is 10.9 Å². The largest absolute Gasteiger partial charge is 0.369 e. The lowest BCUT2D eigenvalue weighted by Gasteiger charge is -2.22. The summed E-state index contributed by atoms with van der Waals surface area (Å²) in [6, 6.07) is 21.6. The smallest absolute Gasteiger partial charge is 0.271 e. The topological polar surface area (TPSA) is 89.4 Å². The van der Waals surface area contributed by atoms with Crippen molar-refractivity contribution in [3.63, 3.8) is 0 Å². The van der Waals surface area contributed by atoms with E-state index in [1.807, 2.05) is 48.5 Å². The summed E-state index contributed by atoms with van der Waals surface area (Å²) >= 11 is 23.5. The maximum Gasteiger partial charge on any atom is 0.271 e. The number of nitrogens with zero attached hydrogens (tertiary/aromatic N) is 4. The van der Waals surface area contributed by atoms with E-state index in [9.17, 15) is 9.59 Å². The molecule has 2 N–H and O–H groups in total. The second-order valence-electron chi connectivity index (χ2n) is 8.89. The van der Waals surface area contributed by atoms with Crippen LogP contribution in [-0.4, -0.2) is 73.9 Å². The highest BCUT2D eigenvalue weighted by molar-refractivity contribution is 6.19. The Hall–Kier alpha value is -3.30. The third kappa shape index (κ3) is 10.5. The minimum Gasteiger partial charge on any atom is -0.369 e. The predicted molar refractivity (Wildman–Crippen MR) is 177 cm³/mol. The molecule has 0 aliphatic carbocycles. The van der Waals surface area contributed by atoms with Crippen LogP contribution < -0.4 is 20.7 Å². The molecule has 0 unspecified atom stereocenters. The Balaban J connectivity index is 1.49. The maximum absolute atomic E-state index is 12.5. The first-order chi connectivity index (χ1) is 20.5. The number of benzene rings is 3. The van der Waals surface area contributed by atoms with Crippen molar-refractivity contribution >= 4 is 82.0 Å². The summed E-state index contributed by atoms with van der Waals surface area (Å²) in [5, 5.41) is 8.06. The SMILES string of the molecule is O=C(NN=Cc1ccc(N(CCCl)CCCl)cc1)c1ccc(C(=O)NN=Cc2ccc(N(CCCl)CCCl)cc2)cc1. The lowest BCUT2D eigenvalue weighted by molar-refractivity contribution is 0.0943. The van der Waals surface area contributed by atoms with Crippen molar-refractivity contribution in [3.8, 4) is 0 Å². The summed E-state index contributed by atoms with van der Waals surface area (Å²) in [5.41, 5.74) is 9.37. The number of hydrogen-bond donors (Lipinski definition) is 2. The van der Waals surface area contributed by atoms with Gasteiger partial charge in [-0.15, -0.1) is 46.4 Å². The molecule has 0 aliphatic rings. The first kappa shape index (κ1) is 33.2. The average molecular weight is 650 g/mol. The molecule has 3 rings (SSSR count). The summed E-state index contributed by atoms with van der Waals surface area (Å²) in [6.07, 6.45) is 3.11. The number of carbonyl (C=O) groups excluding carboxylic acids is 2. The molecule has 0 spiro atoms. The molecule has 0 atom stereocenters. The van der Waals surface area contributed by atoms with E-state index in [-0.39, 0.29) is 0 Å². The van der Waals surface area contributed by atoms with Gasteiger partial charge in [-0.3, -0.25) is 9.59 Å². The van der Waals surface area contributed by atoms with Crippen LogP contribution in [0.2, 0.25) is 0 Å². The van der Waals surface area contributed by atoms with Crippen LogP contribution in [0, 0.1) is 0 Å². The van der Waals surface area contributed by atoms with E-state index >= 15 is 0 Å². The van der Waals surface area contributed by atoms with Gasteiger partial charge >= 0.3 is 0 Å². The second kappa shape index (κ2) is 18.3. The quantitative estimate of drug-likeness (QED) is 0.117. The highest BCUT2D eigenvalue weighted by atomic mass is 35.5. The molecule has 3 aromatic carbocycles. The lowest BCUT2D eigenvalue weighted by Crippen LogP contribution is -2.27. The molecular formula is C30H32Cl4N6O2. The molecule has 222 valence electrons. The van der Waals surface area contributed by atoms with E-state index in [2.05, 4.69) is 30.9 Å². The lowest BCUT2D eigenvalue weighted by atomic mass is 10.1. The highest BCUT2D eigenvalue weighted by Gasteiger charge is 2.09. The third-order valence-electron chi connectivity index (χ3n) is 6.10. The summed E-state index contributed by atoms with van der Waals surface area (Å²) in [5.74, 6) is 1.22. The van der Waals surface area contributed by atoms with Crippen molar-refractivity contribution in [2.24, 2.45) is 10.2 Å². The van der Waals surface area contributed by atoms with Gasteiger partial charge in [0, 0.05) is 72.2 Å². The van der Waals surface area contributed by atoms with Crippen LogP contribution >= 0.6 is 46.4 Å². The monoisotopic (exact) mass is 648 g/mol. The number of hydrazone groups is 2. The number of amides is 2. The Morgan fingerprint density at radius 3 is 1.14 bits per heavy atom. The van der Waals surface area contributed by atoms with Crippen molar-refractivity contribution < 1.29 is 9.59 Å². The van der Waals surface area contributed by atoms with E-state index in [1.165, 1.54) is 0 Å². The van der Waals surface area contributed by atoms with E-state index < -0.39 is 11.8 Å². The van der Waals surface area contributed by atoms with Crippen LogP contribution in [-0.2, 0) is 0 Å². The molecule has 0 heterocycles. The zero-order valence-electron chi connectivity index (χ0n) is 22.9. The minimum atomic E-state index is -0.401. The van der Waals surface area contributed by atoms with Crippen LogP contribution in [0.4, 0.5) is 11.4 Å². The van der Waals surface area contributed by atoms with Gasteiger partial charge in [-0.2, -0.15) is 10.2 Å². The third-order valence-corrected chi connectivity index (χ3v) is 6.78. The Kier molecular flexibility index (Phi) is 14.5. The van der Waals surface area contributed by atoms with Crippen LogP contribution in [0.25, 0.3) is 0 Å². The normalized spacial score (nSPS) is 11.1. The van der Waals surface area contributed by atoms with Crippen molar-refractivity contribution in [3.05, 3.63) is 95.1 Å². The molecule has 0 aliphatic heterocycles. The number of hydrogen-bond acceptors (Lipinski definition) is 6. The van der Waals surface area contributed by atoms with Crippen LogP contribution in [0.15, 0.2) is 83.0 Å². The molecule has 0 saturated heterocycles. The molecule has 8 nitrogen and oxygen atoms in total. The fraction of sp³-hybridized carbons (Fsp3) is 0.267.